The molecule has 1 aromatic rings. The Labute approximate surface area is 231 Å². The molecular weight excluding hydrogens is 586 g/mol. The van der Waals surface area contributed by atoms with Crippen LogP contribution in [0.4, 0.5) is 13.6 Å². The molecule has 1 aliphatic carbocycles. The van der Waals surface area contributed by atoms with Gasteiger partial charge in [0.2, 0.25) is 0 Å². The van der Waals surface area contributed by atoms with Gasteiger partial charge in [-0.3, -0.25) is 0 Å². The SMILES string of the molecule is CC(C)(C)OC(=O)N(COCC[Si](C)(C)C)C1=N[C@](CF)(c2cc(Br)ccc2F)[C@@H]2C(CO)[C@]2(CO)S1. The summed E-state index contributed by atoms with van der Waals surface area (Å²) in [5.74, 6) is -1.92. The van der Waals surface area contributed by atoms with Gasteiger partial charge in [0.1, 0.15) is 30.4 Å². The molecule has 3 rings (SSSR count). The van der Waals surface area contributed by atoms with Gasteiger partial charge in [-0.25, -0.2) is 23.5 Å². The van der Waals surface area contributed by atoms with Crippen molar-refractivity contribution in [3.05, 3.63) is 34.1 Å². The van der Waals surface area contributed by atoms with Gasteiger partial charge in [0.15, 0.2) is 5.17 Å². The second-order valence-corrected chi connectivity index (χ2v) is 19.7. The number of aliphatic imine (C=N–C) groups is 1. The fourth-order valence-corrected chi connectivity index (χ4v) is 7.45. The summed E-state index contributed by atoms with van der Waals surface area (Å²) in [6, 6.07) is 5.04. The molecule has 0 saturated heterocycles. The van der Waals surface area contributed by atoms with Gasteiger partial charge in [-0.2, -0.15) is 0 Å². The number of nitrogens with zero attached hydrogens (tertiary/aromatic N) is 2. The minimum Gasteiger partial charge on any atom is -0.443 e. The minimum absolute atomic E-state index is 0.00950. The molecule has 1 unspecified atom stereocenters. The summed E-state index contributed by atoms with van der Waals surface area (Å²) in [4.78, 5) is 19.2. The predicted molar refractivity (Wildman–Crippen MR) is 148 cm³/mol. The average Bonchev–Trinajstić information content (AvgIpc) is 3.46. The molecule has 2 N–H and O–H groups in total. The molecule has 208 valence electrons. The Morgan fingerprint density at radius 3 is 2.51 bits per heavy atom. The van der Waals surface area contributed by atoms with Gasteiger partial charge < -0.3 is 19.7 Å². The number of thioether (sulfide) groups is 1. The summed E-state index contributed by atoms with van der Waals surface area (Å²) < 4.78 is 41.3. The van der Waals surface area contributed by atoms with Crippen LogP contribution < -0.4 is 0 Å². The third-order valence-corrected chi connectivity index (χ3v) is 10.4. The van der Waals surface area contributed by atoms with Crippen LogP contribution in [-0.2, 0) is 15.0 Å². The molecule has 1 fully saturated rings. The van der Waals surface area contributed by atoms with Crippen LogP contribution in [0, 0.1) is 17.7 Å². The Kier molecular flexibility index (Phi) is 9.23. The molecule has 1 aliphatic heterocycles. The zero-order valence-electron chi connectivity index (χ0n) is 22.2. The van der Waals surface area contributed by atoms with Crippen LogP contribution in [0.1, 0.15) is 26.3 Å². The summed E-state index contributed by atoms with van der Waals surface area (Å²) in [6.45, 7) is 10.1. The number of carbonyl (C=O) groups is 1. The maximum atomic E-state index is 15.2. The lowest BCUT2D eigenvalue weighted by Gasteiger charge is -2.38. The Bertz CT molecular complexity index is 1040. The highest BCUT2D eigenvalue weighted by Gasteiger charge is 2.75. The first-order valence-electron chi connectivity index (χ1n) is 12.2. The van der Waals surface area contributed by atoms with Crippen LogP contribution in [-0.4, -0.2) is 78.0 Å². The van der Waals surface area contributed by atoms with Gasteiger partial charge in [0.25, 0.3) is 0 Å². The Morgan fingerprint density at radius 2 is 1.97 bits per heavy atom. The average molecular weight is 624 g/mol. The third kappa shape index (κ3) is 6.41. The molecule has 2 aliphatic rings. The highest BCUT2D eigenvalue weighted by molar-refractivity contribution is 9.10. The number of rotatable bonds is 9. The molecule has 0 radical (unpaired) electrons. The fraction of sp³-hybridized carbons (Fsp3) is 0.680. The van der Waals surface area contributed by atoms with E-state index in [4.69, 9.17) is 9.47 Å². The quantitative estimate of drug-likeness (QED) is 0.218. The van der Waals surface area contributed by atoms with Crippen molar-refractivity contribution in [2.45, 2.75) is 62.3 Å². The number of fused-ring (bicyclic) bond motifs is 1. The van der Waals surface area contributed by atoms with Crippen molar-refractivity contribution in [2.75, 3.05) is 33.2 Å². The number of hydrogen-bond donors (Lipinski definition) is 2. The molecule has 1 heterocycles. The van der Waals surface area contributed by atoms with Gasteiger partial charge in [-0.05, 0) is 45.0 Å². The number of alkyl halides is 1. The molecule has 4 atom stereocenters. The zero-order valence-corrected chi connectivity index (χ0v) is 25.6. The van der Waals surface area contributed by atoms with Gasteiger partial charge in [-0.15, -0.1) is 0 Å². The van der Waals surface area contributed by atoms with Crippen molar-refractivity contribution in [3.63, 3.8) is 0 Å². The van der Waals surface area contributed by atoms with Gasteiger partial charge in [0.05, 0.1) is 11.4 Å². The van der Waals surface area contributed by atoms with Crippen LogP contribution in [0.3, 0.4) is 0 Å². The predicted octanol–water partition coefficient (Wildman–Crippen LogP) is 5.37. The lowest BCUT2D eigenvalue weighted by molar-refractivity contribution is 0.0108. The molecule has 1 amide bonds. The Hall–Kier alpha value is -1.05. The Balaban J connectivity index is 2.10. The topological polar surface area (TPSA) is 91.6 Å². The molecule has 1 aromatic carbocycles. The number of benzene rings is 1. The molecule has 12 heteroatoms. The number of aliphatic hydroxyl groups is 2. The van der Waals surface area contributed by atoms with Crippen LogP contribution in [0.15, 0.2) is 27.7 Å². The highest BCUT2D eigenvalue weighted by Crippen LogP contribution is 2.70. The summed E-state index contributed by atoms with van der Waals surface area (Å²) in [6.07, 6.45) is -0.748. The van der Waals surface area contributed by atoms with E-state index in [1.54, 1.807) is 20.8 Å². The maximum Gasteiger partial charge on any atom is 0.418 e. The summed E-state index contributed by atoms with van der Waals surface area (Å²) in [5.41, 5.74) is -2.60. The van der Waals surface area contributed by atoms with E-state index in [1.165, 1.54) is 23.1 Å². The van der Waals surface area contributed by atoms with E-state index >= 15 is 8.78 Å². The summed E-state index contributed by atoms with van der Waals surface area (Å²) in [7, 11) is -1.41. The first kappa shape index (κ1) is 30.5. The number of aliphatic hydroxyl groups excluding tert-OH is 2. The zero-order chi connectivity index (χ0) is 27.8. The van der Waals surface area contributed by atoms with E-state index < -0.39 is 61.0 Å². The number of amidine groups is 1. The van der Waals surface area contributed by atoms with Crippen LogP contribution in [0.25, 0.3) is 0 Å². The van der Waals surface area contributed by atoms with E-state index in [0.29, 0.717) is 11.1 Å². The van der Waals surface area contributed by atoms with E-state index in [-0.39, 0.29) is 24.1 Å². The molecule has 0 spiro atoms. The van der Waals surface area contributed by atoms with Gasteiger partial charge in [0, 0.05) is 43.2 Å². The molecular formula is C25H37BrF2N2O5SSi. The summed E-state index contributed by atoms with van der Waals surface area (Å²) in [5, 5.41) is 20.6. The lowest BCUT2D eigenvalue weighted by Crippen LogP contribution is -2.47. The van der Waals surface area contributed by atoms with E-state index in [0.717, 1.165) is 17.8 Å². The molecule has 7 nitrogen and oxygen atoms in total. The van der Waals surface area contributed by atoms with E-state index in [2.05, 4.69) is 40.6 Å². The number of amides is 1. The number of carbonyl (C=O) groups excluding carboxylic acids is 1. The maximum absolute atomic E-state index is 15.2. The lowest BCUT2D eigenvalue weighted by atomic mass is 9.84. The number of ether oxygens (including phenoxy) is 2. The largest absolute Gasteiger partial charge is 0.443 e. The van der Waals surface area contributed by atoms with Crippen molar-refractivity contribution < 1.29 is 33.3 Å². The second kappa shape index (κ2) is 11.2. The minimum atomic E-state index is -1.76. The molecule has 1 saturated carbocycles. The van der Waals surface area contributed by atoms with Crippen molar-refractivity contribution in [2.24, 2.45) is 16.8 Å². The monoisotopic (exact) mass is 622 g/mol. The molecule has 37 heavy (non-hydrogen) atoms. The Morgan fingerprint density at radius 1 is 1.30 bits per heavy atom. The number of halogens is 3. The fourth-order valence-electron chi connectivity index (χ4n) is 4.70. The molecule has 0 bridgehead atoms. The van der Waals surface area contributed by atoms with Gasteiger partial charge >= 0.3 is 6.09 Å². The summed E-state index contributed by atoms with van der Waals surface area (Å²) >= 11 is 4.41. The normalized spacial score (nSPS) is 27.4. The molecule has 0 aromatic heterocycles. The third-order valence-electron chi connectivity index (χ3n) is 6.64. The van der Waals surface area contributed by atoms with Crippen LogP contribution >= 0.6 is 27.7 Å². The van der Waals surface area contributed by atoms with Crippen LogP contribution in [0.5, 0.6) is 0 Å². The van der Waals surface area contributed by atoms with Gasteiger partial charge in [-0.1, -0.05) is 47.3 Å². The van der Waals surface area contributed by atoms with Crippen molar-refractivity contribution in [1.29, 1.82) is 0 Å². The standard InChI is InChI=1S/C25H37BrF2N2O5SSi/c1-23(2,3)35-22(33)30(15-34-9-10-37(4,5)6)21-29-24(13-27,17-11-16(26)7-8-19(17)28)20-18(12-31)25(20,14-32)36-21/h7-8,11,18,20,31-32H,9-10,12-15H2,1-6H3/t18?,20-,24+,25-/m0/s1. The number of hydrogen-bond acceptors (Lipinski definition) is 7. The van der Waals surface area contributed by atoms with Crippen LogP contribution in [0.2, 0.25) is 25.7 Å². The van der Waals surface area contributed by atoms with Crippen molar-refractivity contribution >= 4 is 47.0 Å². The van der Waals surface area contributed by atoms with E-state index in [9.17, 15) is 15.0 Å². The van der Waals surface area contributed by atoms with Crippen molar-refractivity contribution in [3.8, 4) is 0 Å². The first-order valence-corrected chi connectivity index (χ1v) is 17.6. The highest BCUT2D eigenvalue weighted by atomic mass is 79.9. The van der Waals surface area contributed by atoms with Crippen molar-refractivity contribution in [1.82, 2.24) is 4.90 Å². The van der Waals surface area contributed by atoms with E-state index in [1.807, 2.05) is 0 Å². The second-order valence-electron chi connectivity index (χ2n) is 11.8. The smallest absolute Gasteiger partial charge is 0.418 e. The first-order chi connectivity index (χ1) is 17.1.